The molecule has 2 atom stereocenters. The maximum absolute atomic E-state index is 12.1. The van der Waals surface area contributed by atoms with E-state index in [4.69, 9.17) is 10.2 Å². The van der Waals surface area contributed by atoms with Crippen molar-refractivity contribution in [1.29, 1.82) is 0 Å². The molecular formula is C13H22N2O5. The molecule has 0 radical (unpaired) electrons. The average molecular weight is 286 g/mol. The zero-order valence-corrected chi connectivity index (χ0v) is 11.7. The number of hydrogen-bond acceptors (Lipinski definition) is 3. The molecule has 1 unspecified atom stereocenters. The topological polar surface area (TPSA) is 107 Å². The molecule has 0 spiro atoms. The van der Waals surface area contributed by atoms with E-state index in [1.165, 1.54) is 0 Å². The normalized spacial score (nSPS) is 19.6. The highest BCUT2D eigenvalue weighted by Gasteiger charge is 2.30. The lowest BCUT2D eigenvalue weighted by molar-refractivity contribution is -0.140. The monoisotopic (exact) mass is 286 g/mol. The Balaban J connectivity index is 2.50. The van der Waals surface area contributed by atoms with E-state index in [0.29, 0.717) is 6.54 Å². The highest BCUT2D eigenvalue weighted by Crippen LogP contribution is 2.19. The van der Waals surface area contributed by atoms with Gasteiger partial charge in [-0.05, 0) is 32.1 Å². The predicted octanol–water partition coefficient (Wildman–Crippen LogP) is 1.28. The smallest absolute Gasteiger partial charge is 0.326 e. The Morgan fingerprint density at radius 3 is 2.60 bits per heavy atom. The summed E-state index contributed by atoms with van der Waals surface area (Å²) < 4.78 is 0. The van der Waals surface area contributed by atoms with Crippen molar-refractivity contribution < 1.29 is 24.6 Å². The second kappa shape index (κ2) is 7.72. The van der Waals surface area contributed by atoms with Crippen LogP contribution in [0.5, 0.6) is 0 Å². The van der Waals surface area contributed by atoms with E-state index < -0.39 is 18.0 Å². The van der Waals surface area contributed by atoms with Crippen LogP contribution in [0.1, 0.15) is 45.4 Å². The number of nitrogens with one attached hydrogen (secondary N) is 1. The van der Waals surface area contributed by atoms with Crippen LogP contribution in [-0.4, -0.2) is 51.7 Å². The standard InChI is InChI=1S/C13H22N2O5/c1-2-9-5-4-8-15(9)13(20)14-10(12(18)19)6-3-7-11(16)17/h9-10H,2-8H2,1H3,(H,14,20)(H,16,17)(H,18,19)/t9?,10-/m1/s1. The lowest BCUT2D eigenvalue weighted by Crippen LogP contribution is -2.49. The summed E-state index contributed by atoms with van der Waals surface area (Å²) in [5.74, 6) is -2.10. The molecular weight excluding hydrogens is 264 g/mol. The van der Waals surface area contributed by atoms with Gasteiger partial charge >= 0.3 is 18.0 Å². The number of carboxylic acid groups (broad SMARTS) is 2. The second-order valence-corrected chi connectivity index (χ2v) is 5.02. The van der Waals surface area contributed by atoms with Crippen molar-refractivity contribution >= 4 is 18.0 Å². The highest BCUT2D eigenvalue weighted by molar-refractivity contribution is 5.82. The van der Waals surface area contributed by atoms with Crippen LogP contribution in [-0.2, 0) is 9.59 Å². The minimum atomic E-state index is -1.13. The van der Waals surface area contributed by atoms with Crippen LogP contribution >= 0.6 is 0 Å². The van der Waals surface area contributed by atoms with E-state index in [1.807, 2.05) is 6.92 Å². The molecule has 0 aromatic heterocycles. The van der Waals surface area contributed by atoms with Gasteiger partial charge in [0.25, 0.3) is 0 Å². The SMILES string of the molecule is CCC1CCCN1C(=O)N[C@H](CCCC(=O)O)C(=O)O. The summed E-state index contributed by atoms with van der Waals surface area (Å²) in [6.45, 7) is 2.64. The highest BCUT2D eigenvalue weighted by atomic mass is 16.4. The number of carbonyl (C=O) groups excluding carboxylic acids is 1. The van der Waals surface area contributed by atoms with Crippen LogP contribution in [0.4, 0.5) is 4.79 Å². The number of rotatable bonds is 7. The number of likely N-dealkylation sites (tertiary alicyclic amines) is 1. The molecule has 114 valence electrons. The number of carboxylic acids is 2. The lowest BCUT2D eigenvalue weighted by Gasteiger charge is -2.26. The molecule has 7 heteroatoms. The largest absolute Gasteiger partial charge is 0.481 e. The number of aliphatic carboxylic acids is 2. The Hall–Kier alpha value is -1.79. The second-order valence-electron chi connectivity index (χ2n) is 5.02. The molecule has 1 saturated heterocycles. The van der Waals surface area contributed by atoms with Gasteiger partial charge in [-0.3, -0.25) is 4.79 Å². The maximum Gasteiger partial charge on any atom is 0.326 e. The Morgan fingerprint density at radius 2 is 2.05 bits per heavy atom. The van der Waals surface area contributed by atoms with E-state index in [9.17, 15) is 14.4 Å². The van der Waals surface area contributed by atoms with Crippen molar-refractivity contribution in [2.24, 2.45) is 0 Å². The fourth-order valence-corrected chi connectivity index (χ4v) is 2.47. The van der Waals surface area contributed by atoms with Crippen LogP contribution in [0.25, 0.3) is 0 Å². The molecule has 1 fully saturated rings. The van der Waals surface area contributed by atoms with E-state index in [0.717, 1.165) is 19.3 Å². The number of amides is 2. The van der Waals surface area contributed by atoms with Gasteiger partial charge in [-0.15, -0.1) is 0 Å². The first kappa shape index (κ1) is 16.3. The van der Waals surface area contributed by atoms with Gasteiger partial charge in [-0.2, -0.15) is 0 Å². The van der Waals surface area contributed by atoms with Crippen molar-refractivity contribution in [3.63, 3.8) is 0 Å². The predicted molar refractivity (Wildman–Crippen MR) is 71.5 cm³/mol. The molecule has 1 heterocycles. The zero-order chi connectivity index (χ0) is 15.1. The van der Waals surface area contributed by atoms with Crippen LogP contribution in [0.2, 0.25) is 0 Å². The summed E-state index contributed by atoms with van der Waals surface area (Å²) in [5, 5.41) is 20.1. The summed E-state index contributed by atoms with van der Waals surface area (Å²) in [6.07, 6.45) is 2.98. The first-order chi connectivity index (χ1) is 9.45. The maximum atomic E-state index is 12.1. The fraction of sp³-hybridized carbons (Fsp3) is 0.769. The first-order valence-electron chi connectivity index (χ1n) is 6.97. The number of hydrogen-bond donors (Lipinski definition) is 3. The van der Waals surface area contributed by atoms with Crippen LogP contribution in [0.3, 0.4) is 0 Å². The molecule has 0 saturated carbocycles. The molecule has 7 nitrogen and oxygen atoms in total. The number of nitrogens with zero attached hydrogens (tertiary/aromatic N) is 1. The summed E-state index contributed by atoms with van der Waals surface area (Å²) >= 11 is 0. The number of urea groups is 1. The summed E-state index contributed by atoms with van der Waals surface area (Å²) in [4.78, 5) is 35.3. The Kier molecular flexibility index (Phi) is 6.27. The van der Waals surface area contributed by atoms with E-state index in [-0.39, 0.29) is 31.3 Å². The molecule has 3 N–H and O–H groups in total. The van der Waals surface area contributed by atoms with E-state index in [2.05, 4.69) is 5.32 Å². The minimum absolute atomic E-state index is 0.0963. The van der Waals surface area contributed by atoms with Crippen molar-refractivity contribution in [2.45, 2.75) is 57.5 Å². The van der Waals surface area contributed by atoms with Gasteiger partial charge in [0.05, 0.1) is 0 Å². The van der Waals surface area contributed by atoms with Crippen molar-refractivity contribution in [2.75, 3.05) is 6.54 Å². The third-order valence-corrected chi connectivity index (χ3v) is 3.59. The van der Waals surface area contributed by atoms with Crippen molar-refractivity contribution in [1.82, 2.24) is 10.2 Å². The van der Waals surface area contributed by atoms with Gasteiger partial charge < -0.3 is 20.4 Å². The molecule has 1 rings (SSSR count). The quantitative estimate of drug-likeness (QED) is 0.653. The van der Waals surface area contributed by atoms with Crippen LogP contribution in [0.15, 0.2) is 0 Å². The molecule has 0 aromatic carbocycles. The van der Waals surface area contributed by atoms with E-state index in [1.54, 1.807) is 4.90 Å². The molecule has 2 amide bonds. The lowest BCUT2D eigenvalue weighted by atomic mass is 10.1. The third kappa shape index (κ3) is 4.71. The molecule has 0 aromatic rings. The Morgan fingerprint density at radius 1 is 1.35 bits per heavy atom. The van der Waals surface area contributed by atoms with E-state index >= 15 is 0 Å². The Labute approximate surface area is 117 Å². The molecule has 20 heavy (non-hydrogen) atoms. The minimum Gasteiger partial charge on any atom is -0.481 e. The average Bonchev–Trinajstić information content (AvgIpc) is 2.85. The third-order valence-electron chi connectivity index (χ3n) is 3.59. The number of carbonyl (C=O) groups is 3. The zero-order valence-electron chi connectivity index (χ0n) is 11.7. The van der Waals surface area contributed by atoms with Gasteiger partial charge in [0, 0.05) is 19.0 Å². The van der Waals surface area contributed by atoms with Gasteiger partial charge in [-0.1, -0.05) is 6.92 Å². The first-order valence-corrected chi connectivity index (χ1v) is 6.97. The van der Waals surface area contributed by atoms with Gasteiger partial charge in [0.15, 0.2) is 0 Å². The molecule has 0 bridgehead atoms. The molecule has 1 aliphatic rings. The molecule has 0 aliphatic carbocycles. The van der Waals surface area contributed by atoms with Crippen molar-refractivity contribution in [3.8, 4) is 0 Å². The summed E-state index contributed by atoms with van der Waals surface area (Å²) in [6, 6.07) is -1.22. The van der Waals surface area contributed by atoms with Gasteiger partial charge in [0.1, 0.15) is 6.04 Å². The Bertz CT molecular complexity index is 372. The van der Waals surface area contributed by atoms with Crippen LogP contribution < -0.4 is 5.32 Å². The van der Waals surface area contributed by atoms with Gasteiger partial charge in [-0.25, -0.2) is 9.59 Å². The molecule has 1 aliphatic heterocycles. The van der Waals surface area contributed by atoms with Gasteiger partial charge in [0.2, 0.25) is 0 Å². The summed E-state index contributed by atoms with van der Waals surface area (Å²) in [5.41, 5.74) is 0. The van der Waals surface area contributed by atoms with Crippen molar-refractivity contribution in [3.05, 3.63) is 0 Å². The fourth-order valence-electron chi connectivity index (χ4n) is 2.47. The van der Waals surface area contributed by atoms with Crippen LogP contribution in [0, 0.1) is 0 Å². The summed E-state index contributed by atoms with van der Waals surface area (Å²) in [7, 11) is 0.